The standard InChI is InChI=1S/C37H44N4O5S/c1-5-40(29-9-6-8-24(2)16-29)35(44)26-12-13-32(39-20-25-17-27(22-39)31-10-7-11-34(43)41(31)21-25)30(18-26)38-47(45,46)23-37-15-14-28(19-33(37)42)36(37,3)4/h6-13,16,18,25,27-28,38H,5,14-15,17,19-23H2,1-4H3. The van der Waals surface area contributed by atoms with Crippen molar-refractivity contribution in [3.8, 4) is 0 Å². The minimum absolute atomic E-state index is 0.00830. The summed E-state index contributed by atoms with van der Waals surface area (Å²) in [6.07, 6.45) is 2.83. The number of sulfonamides is 1. The molecule has 4 unspecified atom stereocenters. The molecular formula is C37H44N4O5S. The van der Waals surface area contributed by atoms with Gasteiger partial charge in [0.05, 0.1) is 22.5 Å². The third kappa shape index (κ3) is 5.29. The van der Waals surface area contributed by atoms with E-state index in [0.717, 1.165) is 29.8 Å². The fraction of sp³-hybridized carbons (Fsp3) is 0.486. The summed E-state index contributed by atoms with van der Waals surface area (Å²) in [6, 6.07) is 18.5. The summed E-state index contributed by atoms with van der Waals surface area (Å²) in [4.78, 5) is 43.8. The topological polar surface area (TPSA) is 109 Å². The summed E-state index contributed by atoms with van der Waals surface area (Å²) in [5.74, 6) is 0.0827. The first-order valence-corrected chi connectivity index (χ1v) is 18.5. The molecule has 4 aliphatic rings. The van der Waals surface area contributed by atoms with Crippen molar-refractivity contribution in [3.63, 3.8) is 0 Å². The number of hydrogen-bond donors (Lipinski definition) is 1. The maximum Gasteiger partial charge on any atom is 0.258 e. The van der Waals surface area contributed by atoms with Gasteiger partial charge in [-0.15, -0.1) is 0 Å². The molecule has 1 saturated heterocycles. The zero-order chi connectivity index (χ0) is 33.3. The molecule has 3 fully saturated rings. The van der Waals surface area contributed by atoms with E-state index < -0.39 is 20.9 Å². The molecule has 1 aromatic heterocycles. The van der Waals surface area contributed by atoms with E-state index >= 15 is 0 Å². The number of fused-ring (bicyclic) bond motifs is 6. The Morgan fingerprint density at radius 3 is 2.51 bits per heavy atom. The Kier molecular flexibility index (Phi) is 7.65. The highest BCUT2D eigenvalue weighted by Crippen LogP contribution is 2.64. The molecule has 0 spiro atoms. The predicted molar refractivity (Wildman–Crippen MR) is 185 cm³/mol. The molecule has 248 valence electrons. The minimum atomic E-state index is -3.99. The molecule has 2 aromatic carbocycles. The molecule has 2 aliphatic heterocycles. The highest BCUT2D eigenvalue weighted by Gasteiger charge is 2.65. The molecule has 2 aliphatic carbocycles. The van der Waals surface area contributed by atoms with E-state index in [4.69, 9.17) is 0 Å². The van der Waals surface area contributed by atoms with Crippen LogP contribution in [0.25, 0.3) is 0 Å². The Balaban J connectivity index is 1.26. The first kappa shape index (κ1) is 31.7. The van der Waals surface area contributed by atoms with Gasteiger partial charge in [0.15, 0.2) is 0 Å². The number of pyridine rings is 1. The van der Waals surface area contributed by atoms with Gasteiger partial charge in [-0.1, -0.05) is 32.0 Å². The van der Waals surface area contributed by atoms with E-state index in [1.165, 1.54) is 0 Å². The van der Waals surface area contributed by atoms with Gasteiger partial charge in [-0.25, -0.2) is 8.42 Å². The molecule has 7 rings (SSSR count). The van der Waals surface area contributed by atoms with Gasteiger partial charge in [0.25, 0.3) is 11.5 Å². The molecule has 4 bridgehead atoms. The van der Waals surface area contributed by atoms with Crippen LogP contribution in [0.4, 0.5) is 17.1 Å². The van der Waals surface area contributed by atoms with E-state index in [-0.39, 0.29) is 40.8 Å². The molecule has 10 heteroatoms. The van der Waals surface area contributed by atoms with Crippen LogP contribution in [0.1, 0.15) is 74.0 Å². The minimum Gasteiger partial charge on any atom is -0.369 e. The number of hydrogen-bond acceptors (Lipinski definition) is 6. The average Bonchev–Trinajstić information content (AvgIpc) is 3.36. The number of aromatic nitrogens is 1. The molecule has 1 amide bonds. The van der Waals surface area contributed by atoms with Gasteiger partial charge in [-0.2, -0.15) is 0 Å². The van der Waals surface area contributed by atoms with Crippen molar-refractivity contribution >= 4 is 38.8 Å². The zero-order valence-corrected chi connectivity index (χ0v) is 28.5. The van der Waals surface area contributed by atoms with Crippen molar-refractivity contribution in [2.24, 2.45) is 22.7 Å². The Bertz CT molecular complexity index is 1930. The van der Waals surface area contributed by atoms with Crippen LogP contribution in [0, 0.1) is 29.6 Å². The lowest BCUT2D eigenvalue weighted by atomic mass is 9.70. The number of aryl methyl sites for hydroxylation is 1. The summed E-state index contributed by atoms with van der Waals surface area (Å²) >= 11 is 0. The second-order valence-corrected chi connectivity index (χ2v) is 16.5. The van der Waals surface area contributed by atoms with E-state index in [0.29, 0.717) is 56.0 Å². The van der Waals surface area contributed by atoms with E-state index in [9.17, 15) is 22.8 Å². The normalized spacial score (nSPS) is 25.8. The molecule has 4 atom stereocenters. The van der Waals surface area contributed by atoms with Gasteiger partial charge < -0.3 is 14.4 Å². The molecule has 47 heavy (non-hydrogen) atoms. The number of nitrogens with zero attached hydrogens (tertiary/aromatic N) is 3. The number of ketones is 1. The maximum absolute atomic E-state index is 14.1. The van der Waals surface area contributed by atoms with Crippen molar-refractivity contribution in [2.75, 3.05) is 39.9 Å². The first-order valence-electron chi connectivity index (χ1n) is 16.8. The summed E-state index contributed by atoms with van der Waals surface area (Å²) in [5, 5.41) is 0. The number of piperidine rings is 1. The third-order valence-corrected chi connectivity index (χ3v) is 13.2. The molecule has 1 N–H and O–H groups in total. The van der Waals surface area contributed by atoms with Gasteiger partial charge in [0, 0.05) is 61.5 Å². The molecule has 3 heterocycles. The van der Waals surface area contributed by atoms with Crippen LogP contribution in [-0.4, -0.2) is 50.1 Å². The number of nitrogens with one attached hydrogen (secondary N) is 1. The van der Waals surface area contributed by atoms with Crippen molar-refractivity contribution in [3.05, 3.63) is 87.8 Å². The van der Waals surface area contributed by atoms with E-state index in [1.54, 1.807) is 29.2 Å². The molecule has 0 radical (unpaired) electrons. The van der Waals surface area contributed by atoms with Crippen molar-refractivity contribution in [2.45, 2.75) is 65.8 Å². The van der Waals surface area contributed by atoms with Gasteiger partial charge in [0.2, 0.25) is 10.0 Å². The number of benzene rings is 2. The van der Waals surface area contributed by atoms with Crippen molar-refractivity contribution < 1.29 is 18.0 Å². The van der Waals surface area contributed by atoms with Crippen LogP contribution >= 0.6 is 0 Å². The number of carbonyl (C=O) groups is 2. The lowest BCUT2D eigenvalue weighted by Crippen LogP contribution is -2.47. The maximum atomic E-state index is 14.1. The van der Waals surface area contributed by atoms with E-state index in [1.807, 2.05) is 68.7 Å². The van der Waals surface area contributed by atoms with Gasteiger partial charge >= 0.3 is 0 Å². The Morgan fingerprint density at radius 1 is 1.02 bits per heavy atom. The first-order chi connectivity index (χ1) is 22.3. The van der Waals surface area contributed by atoms with Crippen LogP contribution < -0.4 is 20.1 Å². The fourth-order valence-corrected chi connectivity index (χ4v) is 11.0. The second kappa shape index (κ2) is 11.4. The largest absolute Gasteiger partial charge is 0.369 e. The molecule has 3 aromatic rings. The van der Waals surface area contributed by atoms with Crippen LogP contribution in [0.2, 0.25) is 0 Å². The molecule has 2 saturated carbocycles. The fourth-order valence-electron chi connectivity index (χ4n) is 9.15. The molecule has 9 nitrogen and oxygen atoms in total. The SMILES string of the molecule is CCN(C(=O)c1ccc(N2CC3CC(C2)c2cccc(=O)n2C3)c(NS(=O)(=O)CC23CCC(CC2=O)C3(C)C)c1)c1cccc(C)c1. The summed E-state index contributed by atoms with van der Waals surface area (Å²) in [7, 11) is -3.99. The third-order valence-electron chi connectivity index (χ3n) is 11.8. The highest BCUT2D eigenvalue weighted by atomic mass is 32.2. The monoisotopic (exact) mass is 656 g/mol. The predicted octanol–water partition coefficient (Wildman–Crippen LogP) is 5.58. The van der Waals surface area contributed by atoms with E-state index in [2.05, 4.69) is 9.62 Å². The number of carbonyl (C=O) groups excluding carboxylic acids is 2. The van der Waals surface area contributed by atoms with Crippen LogP contribution in [0.3, 0.4) is 0 Å². The highest BCUT2D eigenvalue weighted by molar-refractivity contribution is 7.92. The van der Waals surface area contributed by atoms with Gasteiger partial charge in [0.1, 0.15) is 5.78 Å². The average molecular weight is 657 g/mol. The number of anilines is 3. The Morgan fingerprint density at radius 2 is 1.81 bits per heavy atom. The van der Waals surface area contributed by atoms with Crippen LogP contribution in [0.15, 0.2) is 65.5 Å². The Labute approximate surface area is 277 Å². The lowest BCUT2D eigenvalue weighted by Gasteiger charge is -2.44. The zero-order valence-electron chi connectivity index (χ0n) is 27.7. The number of rotatable bonds is 8. The van der Waals surface area contributed by atoms with Crippen molar-refractivity contribution in [1.82, 2.24) is 4.57 Å². The number of amides is 1. The molecular weight excluding hydrogens is 612 g/mol. The Hall–Kier alpha value is -3.92. The quantitative estimate of drug-likeness (QED) is 0.339. The summed E-state index contributed by atoms with van der Waals surface area (Å²) in [5.41, 5.74) is 2.92. The second-order valence-electron chi connectivity index (χ2n) is 14.8. The number of Topliss-reactive ketones (excluding diaryl/α,β-unsaturated/α-hetero) is 1. The van der Waals surface area contributed by atoms with Crippen LogP contribution in [0.5, 0.6) is 0 Å². The smallest absolute Gasteiger partial charge is 0.258 e. The lowest BCUT2D eigenvalue weighted by molar-refractivity contribution is -0.128. The van der Waals surface area contributed by atoms with Crippen molar-refractivity contribution in [1.29, 1.82) is 0 Å². The van der Waals surface area contributed by atoms with Crippen LogP contribution in [-0.2, 0) is 21.4 Å². The summed E-state index contributed by atoms with van der Waals surface area (Å²) in [6.45, 7) is 10.3. The van der Waals surface area contributed by atoms with Gasteiger partial charge in [-0.05, 0) is 92.3 Å². The summed E-state index contributed by atoms with van der Waals surface area (Å²) < 4.78 is 33.0. The van der Waals surface area contributed by atoms with Gasteiger partial charge in [-0.3, -0.25) is 19.1 Å².